The molecule has 0 aliphatic rings. The second-order valence-corrected chi connectivity index (χ2v) is 4.95. The third kappa shape index (κ3) is 4.06. The van der Waals surface area contributed by atoms with Crippen molar-refractivity contribution in [2.45, 2.75) is 6.92 Å². The van der Waals surface area contributed by atoms with E-state index in [9.17, 15) is 14.9 Å². The summed E-state index contributed by atoms with van der Waals surface area (Å²) in [7, 11) is 0. The highest BCUT2D eigenvalue weighted by Gasteiger charge is 2.30. The normalized spacial score (nSPS) is 11.2. The molecule has 1 amide bonds. The van der Waals surface area contributed by atoms with Gasteiger partial charge in [0.15, 0.2) is 5.92 Å². The minimum absolute atomic E-state index is 0.0364. The molecule has 0 aromatic carbocycles. The Morgan fingerprint density at radius 1 is 1.38 bits per heavy atom. The van der Waals surface area contributed by atoms with Gasteiger partial charge in [0.25, 0.3) is 5.91 Å². The summed E-state index contributed by atoms with van der Waals surface area (Å²) >= 11 is 5.96. The van der Waals surface area contributed by atoms with Gasteiger partial charge in [0, 0.05) is 12.3 Å². The number of nitrogens with one attached hydrogen (secondary N) is 1. The van der Waals surface area contributed by atoms with Gasteiger partial charge in [0.1, 0.15) is 11.5 Å². The summed E-state index contributed by atoms with van der Waals surface area (Å²) in [5.41, 5.74) is -0.190. The molecule has 0 spiro atoms. The van der Waals surface area contributed by atoms with Crippen molar-refractivity contribution in [1.29, 1.82) is 5.26 Å². The summed E-state index contributed by atoms with van der Waals surface area (Å²) in [4.78, 5) is 32.5. The second-order valence-electron chi connectivity index (χ2n) is 4.54. The molecule has 0 bridgehead atoms. The average Bonchev–Trinajstić information content (AvgIpc) is 2.58. The minimum Gasteiger partial charge on any atom is -0.478 e. The van der Waals surface area contributed by atoms with E-state index in [4.69, 9.17) is 16.3 Å². The second kappa shape index (κ2) is 8.04. The topological polar surface area (TPSA) is 105 Å². The number of carbonyl (C=O) groups excluding carboxylic acids is 2. The number of pyridine rings is 2. The Morgan fingerprint density at radius 3 is 2.79 bits per heavy atom. The molecule has 7 nitrogen and oxygen atoms in total. The standard InChI is InChI=1S/C16H13ClN4O3/c1-2-24-13-7-6-11(17)14(21-13)15(22)10(9-18)16(23)20-12-5-3-4-8-19-12/h3-8,10H,2H2,1H3,(H,19,20,23)/t10-/m0/s1. The predicted octanol–water partition coefficient (Wildman–Crippen LogP) is 2.49. The highest BCUT2D eigenvalue weighted by Crippen LogP contribution is 2.21. The van der Waals surface area contributed by atoms with E-state index in [1.54, 1.807) is 25.1 Å². The Balaban J connectivity index is 2.24. The largest absolute Gasteiger partial charge is 0.478 e. The van der Waals surface area contributed by atoms with Gasteiger partial charge in [0.05, 0.1) is 17.7 Å². The number of anilines is 1. The van der Waals surface area contributed by atoms with Crippen molar-refractivity contribution in [1.82, 2.24) is 9.97 Å². The smallest absolute Gasteiger partial charge is 0.250 e. The van der Waals surface area contributed by atoms with Gasteiger partial charge in [-0.3, -0.25) is 9.59 Å². The van der Waals surface area contributed by atoms with Crippen LogP contribution in [0, 0.1) is 17.2 Å². The van der Waals surface area contributed by atoms with Gasteiger partial charge in [-0.2, -0.15) is 5.26 Å². The highest BCUT2D eigenvalue weighted by molar-refractivity contribution is 6.34. The molecule has 0 aliphatic heterocycles. The number of carbonyl (C=O) groups is 2. The Morgan fingerprint density at radius 2 is 2.17 bits per heavy atom. The number of amides is 1. The maximum atomic E-state index is 12.5. The third-order valence-corrected chi connectivity index (χ3v) is 3.22. The molecule has 0 fully saturated rings. The Labute approximate surface area is 143 Å². The number of halogens is 1. The fourth-order valence-electron chi connectivity index (χ4n) is 1.83. The quantitative estimate of drug-likeness (QED) is 0.637. The molecule has 2 rings (SSSR count). The van der Waals surface area contributed by atoms with Crippen LogP contribution in [0.5, 0.6) is 5.88 Å². The lowest BCUT2D eigenvalue weighted by Gasteiger charge is -2.10. The highest BCUT2D eigenvalue weighted by atomic mass is 35.5. The third-order valence-electron chi connectivity index (χ3n) is 2.92. The number of ether oxygens (including phenoxy) is 1. The first-order valence-corrected chi connectivity index (χ1v) is 7.39. The van der Waals surface area contributed by atoms with E-state index in [0.29, 0.717) is 6.61 Å². The van der Waals surface area contributed by atoms with Crippen molar-refractivity contribution in [3.8, 4) is 11.9 Å². The van der Waals surface area contributed by atoms with Crippen LogP contribution in [0.15, 0.2) is 36.5 Å². The van der Waals surface area contributed by atoms with E-state index in [2.05, 4.69) is 15.3 Å². The number of nitriles is 1. The first kappa shape index (κ1) is 17.4. The van der Waals surface area contributed by atoms with E-state index in [1.165, 1.54) is 24.4 Å². The van der Waals surface area contributed by atoms with Crippen molar-refractivity contribution in [3.63, 3.8) is 0 Å². The molecular weight excluding hydrogens is 332 g/mol. The molecule has 0 saturated carbocycles. The fourth-order valence-corrected chi connectivity index (χ4v) is 2.03. The van der Waals surface area contributed by atoms with Crippen LogP contribution in [0.25, 0.3) is 0 Å². The first-order chi connectivity index (χ1) is 11.6. The van der Waals surface area contributed by atoms with Crippen LogP contribution in [0.2, 0.25) is 5.02 Å². The number of rotatable bonds is 6. The van der Waals surface area contributed by atoms with Crippen molar-refractivity contribution in [2.75, 3.05) is 11.9 Å². The Kier molecular flexibility index (Phi) is 5.82. The lowest BCUT2D eigenvalue weighted by molar-refractivity contribution is -0.117. The zero-order valence-electron chi connectivity index (χ0n) is 12.7. The van der Waals surface area contributed by atoms with Gasteiger partial charge in [-0.05, 0) is 25.1 Å². The van der Waals surface area contributed by atoms with E-state index in [-0.39, 0.29) is 22.4 Å². The fraction of sp³-hybridized carbons (Fsp3) is 0.188. The van der Waals surface area contributed by atoms with Gasteiger partial charge in [-0.15, -0.1) is 0 Å². The summed E-state index contributed by atoms with van der Waals surface area (Å²) in [5, 5.41) is 11.7. The summed E-state index contributed by atoms with van der Waals surface area (Å²) in [6.45, 7) is 2.11. The molecule has 0 radical (unpaired) electrons. The SMILES string of the molecule is CCOc1ccc(Cl)c(C(=O)[C@H](C#N)C(=O)Nc2ccccn2)n1. The number of Topliss-reactive ketones (excluding diaryl/α,β-unsaturated/α-hetero) is 1. The number of ketones is 1. The van der Waals surface area contributed by atoms with Gasteiger partial charge in [-0.1, -0.05) is 17.7 Å². The lowest BCUT2D eigenvalue weighted by Crippen LogP contribution is -2.29. The van der Waals surface area contributed by atoms with Gasteiger partial charge in [-0.25, -0.2) is 9.97 Å². The van der Waals surface area contributed by atoms with Crippen LogP contribution in [-0.4, -0.2) is 28.3 Å². The number of hydrogen-bond donors (Lipinski definition) is 1. The van der Waals surface area contributed by atoms with Crippen LogP contribution in [0.3, 0.4) is 0 Å². The summed E-state index contributed by atoms with van der Waals surface area (Å²) < 4.78 is 5.21. The molecule has 0 unspecified atom stereocenters. The zero-order chi connectivity index (χ0) is 17.5. The van der Waals surface area contributed by atoms with Crippen molar-refractivity contribution in [3.05, 3.63) is 47.2 Å². The van der Waals surface area contributed by atoms with Crippen molar-refractivity contribution < 1.29 is 14.3 Å². The summed E-state index contributed by atoms with van der Waals surface area (Å²) in [6, 6.07) is 9.47. The molecule has 24 heavy (non-hydrogen) atoms. The van der Waals surface area contributed by atoms with Crippen LogP contribution < -0.4 is 10.1 Å². The maximum absolute atomic E-state index is 12.5. The molecule has 8 heteroatoms. The first-order valence-electron chi connectivity index (χ1n) is 7.02. The molecule has 0 saturated heterocycles. The van der Waals surface area contributed by atoms with Crippen LogP contribution >= 0.6 is 11.6 Å². The lowest BCUT2D eigenvalue weighted by atomic mass is 10.0. The number of hydrogen-bond acceptors (Lipinski definition) is 6. The predicted molar refractivity (Wildman–Crippen MR) is 86.7 cm³/mol. The maximum Gasteiger partial charge on any atom is 0.250 e. The number of aromatic nitrogens is 2. The Bertz CT molecular complexity index is 790. The summed E-state index contributed by atoms with van der Waals surface area (Å²) in [5.74, 6) is -2.79. The molecule has 2 heterocycles. The van der Waals surface area contributed by atoms with E-state index >= 15 is 0 Å². The summed E-state index contributed by atoms with van der Waals surface area (Å²) in [6.07, 6.45) is 1.47. The molecule has 2 aromatic rings. The molecular formula is C16H13ClN4O3. The number of nitrogens with zero attached hydrogens (tertiary/aromatic N) is 3. The van der Waals surface area contributed by atoms with Crippen LogP contribution in [0.4, 0.5) is 5.82 Å². The van der Waals surface area contributed by atoms with Gasteiger partial charge in [0.2, 0.25) is 11.7 Å². The van der Waals surface area contributed by atoms with Crippen molar-refractivity contribution >= 4 is 29.1 Å². The molecule has 122 valence electrons. The average molecular weight is 345 g/mol. The monoisotopic (exact) mass is 344 g/mol. The molecule has 2 aromatic heterocycles. The zero-order valence-corrected chi connectivity index (χ0v) is 13.4. The minimum atomic E-state index is -1.60. The molecule has 1 N–H and O–H groups in total. The van der Waals surface area contributed by atoms with Crippen molar-refractivity contribution in [2.24, 2.45) is 5.92 Å². The van der Waals surface area contributed by atoms with E-state index in [0.717, 1.165) is 0 Å². The van der Waals surface area contributed by atoms with E-state index in [1.807, 2.05) is 0 Å². The van der Waals surface area contributed by atoms with Gasteiger partial charge < -0.3 is 10.1 Å². The van der Waals surface area contributed by atoms with E-state index < -0.39 is 17.6 Å². The van der Waals surface area contributed by atoms with Gasteiger partial charge >= 0.3 is 0 Å². The Hall–Kier alpha value is -2.98. The van der Waals surface area contributed by atoms with Crippen LogP contribution in [-0.2, 0) is 4.79 Å². The molecule has 1 atom stereocenters. The molecule has 0 aliphatic carbocycles. The van der Waals surface area contributed by atoms with Crippen LogP contribution in [0.1, 0.15) is 17.4 Å².